The molecule has 0 aliphatic carbocycles. The van der Waals surface area contributed by atoms with Crippen molar-refractivity contribution in [3.8, 4) is 5.75 Å². The van der Waals surface area contributed by atoms with Crippen molar-refractivity contribution < 1.29 is 14.3 Å². The lowest BCUT2D eigenvalue weighted by atomic mass is 9.93. The standard InChI is InChI=1S/C19H27N3O3.ClH/c1-20-10-6-15-7-11-21(12-8-15)18(23)9-13-22-16-4-2-3-5-17(16)25-14-19(22)24;/h2-5,15,20H,6-14H2,1H3;1H. The Balaban J connectivity index is 0.00000243. The number of anilines is 1. The zero-order valence-electron chi connectivity index (χ0n) is 15.3. The maximum atomic E-state index is 12.5. The van der Waals surface area contributed by atoms with Gasteiger partial charge in [-0.3, -0.25) is 9.59 Å². The molecule has 2 aliphatic rings. The van der Waals surface area contributed by atoms with Gasteiger partial charge in [0.1, 0.15) is 5.75 Å². The minimum Gasteiger partial charge on any atom is -0.482 e. The Hall–Kier alpha value is -1.79. The largest absolute Gasteiger partial charge is 0.482 e. The Kier molecular flexibility index (Phi) is 7.72. The molecule has 0 unspecified atom stereocenters. The minimum absolute atomic E-state index is 0. The SMILES string of the molecule is CNCCC1CCN(C(=O)CCN2C(=O)COc3ccccc32)CC1.Cl. The first-order chi connectivity index (χ1) is 12.2. The van der Waals surface area contributed by atoms with Crippen molar-refractivity contribution in [2.75, 3.05) is 44.7 Å². The lowest BCUT2D eigenvalue weighted by Crippen LogP contribution is -2.43. The highest BCUT2D eigenvalue weighted by Gasteiger charge is 2.27. The van der Waals surface area contributed by atoms with Crippen molar-refractivity contribution in [1.29, 1.82) is 0 Å². The van der Waals surface area contributed by atoms with E-state index in [0.717, 1.165) is 38.2 Å². The maximum absolute atomic E-state index is 12.5. The number of nitrogens with one attached hydrogen (secondary N) is 1. The van der Waals surface area contributed by atoms with Crippen molar-refractivity contribution in [1.82, 2.24) is 10.2 Å². The number of ether oxygens (including phenoxy) is 1. The van der Waals surface area contributed by atoms with Gasteiger partial charge in [-0.2, -0.15) is 0 Å². The van der Waals surface area contributed by atoms with Crippen LogP contribution in [0.2, 0.25) is 0 Å². The summed E-state index contributed by atoms with van der Waals surface area (Å²) >= 11 is 0. The van der Waals surface area contributed by atoms with Crippen LogP contribution in [0.3, 0.4) is 0 Å². The Morgan fingerprint density at radius 1 is 1.27 bits per heavy atom. The van der Waals surface area contributed by atoms with Gasteiger partial charge in [0.15, 0.2) is 6.61 Å². The van der Waals surface area contributed by atoms with Crippen LogP contribution in [0.4, 0.5) is 5.69 Å². The fourth-order valence-electron chi connectivity index (χ4n) is 3.58. The smallest absolute Gasteiger partial charge is 0.265 e. The Morgan fingerprint density at radius 3 is 2.73 bits per heavy atom. The normalized spacial score (nSPS) is 17.3. The van der Waals surface area contributed by atoms with E-state index in [4.69, 9.17) is 4.74 Å². The molecule has 1 saturated heterocycles. The summed E-state index contributed by atoms with van der Waals surface area (Å²) in [5.41, 5.74) is 0.761. The molecule has 0 saturated carbocycles. The molecular formula is C19H28ClN3O3. The van der Waals surface area contributed by atoms with Crippen LogP contribution >= 0.6 is 12.4 Å². The molecule has 1 aromatic carbocycles. The highest BCUT2D eigenvalue weighted by Crippen LogP contribution is 2.31. The zero-order chi connectivity index (χ0) is 17.6. The highest BCUT2D eigenvalue weighted by molar-refractivity contribution is 5.98. The number of rotatable bonds is 6. The van der Waals surface area contributed by atoms with E-state index >= 15 is 0 Å². The molecule has 2 heterocycles. The van der Waals surface area contributed by atoms with Gasteiger partial charge in [-0.05, 0) is 50.9 Å². The first-order valence-corrected chi connectivity index (χ1v) is 9.13. The third kappa shape index (κ3) is 4.89. The van der Waals surface area contributed by atoms with Gasteiger partial charge < -0.3 is 19.9 Å². The molecule has 1 N–H and O–H groups in total. The van der Waals surface area contributed by atoms with Gasteiger partial charge in [-0.25, -0.2) is 0 Å². The number of carbonyl (C=O) groups excluding carboxylic acids is 2. The molecule has 3 rings (SSSR count). The van der Waals surface area contributed by atoms with Crippen LogP contribution in [0, 0.1) is 5.92 Å². The van der Waals surface area contributed by atoms with Gasteiger partial charge in [-0.1, -0.05) is 12.1 Å². The Morgan fingerprint density at radius 2 is 2.00 bits per heavy atom. The lowest BCUT2D eigenvalue weighted by Gasteiger charge is -2.33. The van der Waals surface area contributed by atoms with Crippen LogP contribution in [0.15, 0.2) is 24.3 Å². The number of hydrogen-bond donors (Lipinski definition) is 1. The van der Waals surface area contributed by atoms with Crippen LogP contribution in [0.25, 0.3) is 0 Å². The summed E-state index contributed by atoms with van der Waals surface area (Å²) < 4.78 is 5.44. The maximum Gasteiger partial charge on any atom is 0.265 e. The lowest BCUT2D eigenvalue weighted by molar-refractivity contribution is -0.132. The molecule has 7 heteroatoms. The van der Waals surface area contributed by atoms with E-state index in [1.165, 1.54) is 6.42 Å². The summed E-state index contributed by atoms with van der Waals surface area (Å²) in [4.78, 5) is 28.3. The van der Waals surface area contributed by atoms with E-state index < -0.39 is 0 Å². The third-order valence-electron chi connectivity index (χ3n) is 5.13. The number of piperidine rings is 1. The van der Waals surface area contributed by atoms with Gasteiger partial charge in [0.25, 0.3) is 5.91 Å². The van der Waals surface area contributed by atoms with Gasteiger partial charge in [0.05, 0.1) is 5.69 Å². The Labute approximate surface area is 161 Å². The molecule has 1 fully saturated rings. The third-order valence-corrected chi connectivity index (χ3v) is 5.13. The summed E-state index contributed by atoms with van der Waals surface area (Å²) in [6.45, 7) is 3.17. The van der Waals surface area contributed by atoms with Crippen LogP contribution in [0.5, 0.6) is 5.75 Å². The molecule has 144 valence electrons. The number of nitrogens with zero attached hydrogens (tertiary/aromatic N) is 2. The zero-order valence-corrected chi connectivity index (χ0v) is 16.1. The van der Waals surface area contributed by atoms with Gasteiger partial charge in [0, 0.05) is 26.1 Å². The number of fused-ring (bicyclic) bond motifs is 1. The number of carbonyl (C=O) groups is 2. The average molecular weight is 382 g/mol. The first kappa shape index (κ1) is 20.5. The molecule has 26 heavy (non-hydrogen) atoms. The number of hydrogen-bond acceptors (Lipinski definition) is 4. The molecule has 0 aromatic heterocycles. The van der Waals surface area contributed by atoms with E-state index in [-0.39, 0.29) is 30.8 Å². The van der Waals surface area contributed by atoms with E-state index in [2.05, 4.69) is 5.32 Å². The second-order valence-corrected chi connectivity index (χ2v) is 6.77. The van der Waals surface area contributed by atoms with Crippen molar-refractivity contribution in [3.05, 3.63) is 24.3 Å². The van der Waals surface area contributed by atoms with Gasteiger partial charge in [0.2, 0.25) is 5.91 Å². The predicted octanol–water partition coefficient (Wildman–Crippen LogP) is 2.07. The van der Waals surface area contributed by atoms with E-state index in [0.29, 0.717) is 24.6 Å². The second-order valence-electron chi connectivity index (χ2n) is 6.77. The molecule has 6 nitrogen and oxygen atoms in total. The van der Waals surface area contributed by atoms with Crippen LogP contribution in [0.1, 0.15) is 25.7 Å². The first-order valence-electron chi connectivity index (χ1n) is 9.13. The van der Waals surface area contributed by atoms with Crippen molar-refractivity contribution >= 4 is 29.9 Å². The fraction of sp³-hybridized carbons (Fsp3) is 0.579. The number of amides is 2. The number of likely N-dealkylation sites (tertiary alicyclic amines) is 1. The predicted molar refractivity (Wildman–Crippen MR) is 104 cm³/mol. The Bertz CT molecular complexity index is 618. The monoisotopic (exact) mass is 381 g/mol. The highest BCUT2D eigenvalue weighted by atomic mass is 35.5. The van der Waals surface area contributed by atoms with Crippen molar-refractivity contribution in [3.63, 3.8) is 0 Å². The summed E-state index contributed by atoms with van der Waals surface area (Å²) in [6.07, 6.45) is 3.69. The van der Waals surface area contributed by atoms with Gasteiger partial charge in [-0.15, -0.1) is 12.4 Å². The quantitative estimate of drug-likeness (QED) is 0.819. The van der Waals surface area contributed by atoms with E-state index in [1.807, 2.05) is 36.2 Å². The minimum atomic E-state index is -0.0859. The summed E-state index contributed by atoms with van der Waals surface area (Å²) in [7, 11) is 1.98. The number of halogens is 1. The molecule has 0 spiro atoms. The van der Waals surface area contributed by atoms with Crippen LogP contribution < -0.4 is 15.0 Å². The molecule has 2 aliphatic heterocycles. The molecule has 1 aromatic rings. The van der Waals surface area contributed by atoms with Gasteiger partial charge >= 0.3 is 0 Å². The molecular weight excluding hydrogens is 354 g/mol. The van der Waals surface area contributed by atoms with Crippen molar-refractivity contribution in [2.24, 2.45) is 5.92 Å². The summed E-state index contributed by atoms with van der Waals surface area (Å²) in [5, 5.41) is 3.19. The van der Waals surface area contributed by atoms with Crippen molar-refractivity contribution in [2.45, 2.75) is 25.7 Å². The number of benzene rings is 1. The summed E-state index contributed by atoms with van der Waals surface area (Å²) in [6, 6.07) is 7.48. The average Bonchev–Trinajstić information content (AvgIpc) is 2.65. The molecule has 0 radical (unpaired) electrons. The van der Waals surface area contributed by atoms with E-state index in [1.54, 1.807) is 4.90 Å². The van der Waals surface area contributed by atoms with Crippen LogP contribution in [-0.2, 0) is 9.59 Å². The van der Waals surface area contributed by atoms with E-state index in [9.17, 15) is 9.59 Å². The topological polar surface area (TPSA) is 61.9 Å². The van der Waals surface area contributed by atoms with Crippen LogP contribution in [-0.4, -0.2) is 56.5 Å². The summed E-state index contributed by atoms with van der Waals surface area (Å²) in [5.74, 6) is 1.48. The molecule has 0 bridgehead atoms. The molecule has 2 amide bonds. The molecule has 0 atom stereocenters. The number of para-hydroxylation sites is 2. The second kappa shape index (κ2) is 9.78. The fourth-order valence-corrected chi connectivity index (χ4v) is 3.58.